The molecule has 0 unspecified atom stereocenters. The van der Waals surface area contributed by atoms with Gasteiger partial charge in [0.25, 0.3) is 5.91 Å². The summed E-state index contributed by atoms with van der Waals surface area (Å²) in [5.74, 6) is -0.143. The van der Waals surface area contributed by atoms with Gasteiger partial charge < -0.3 is 10.0 Å². The lowest BCUT2D eigenvalue weighted by Gasteiger charge is -2.33. The molecule has 1 N–H and O–H groups in total. The molecule has 0 saturated carbocycles. The van der Waals surface area contributed by atoms with Gasteiger partial charge in [0.2, 0.25) is 0 Å². The average Bonchev–Trinajstić information content (AvgIpc) is 2.80. The molecule has 0 saturated heterocycles. The molecule has 5 nitrogen and oxygen atoms in total. The molecule has 0 aliphatic heterocycles. The highest BCUT2D eigenvalue weighted by molar-refractivity contribution is 6.00. The zero-order valence-electron chi connectivity index (χ0n) is 10.8. The fourth-order valence-electron chi connectivity index (χ4n) is 1.66. The zero-order chi connectivity index (χ0) is 13.3. The van der Waals surface area contributed by atoms with E-state index in [9.17, 15) is 9.90 Å². The Kier molecular flexibility index (Phi) is 3.09. The summed E-state index contributed by atoms with van der Waals surface area (Å²) < 4.78 is 1.66. The second-order valence-electron chi connectivity index (χ2n) is 4.92. The van der Waals surface area contributed by atoms with E-state index < -0.39 is 5.54 Å². The van der Waals surface area contributed by atoms with Gasteiger partial charge in [-0.15, -0.1) is 0 Å². The van der Waals surface area contributed by atoms with E-state index in [1.807, 2.05) is 32.0 Å². The van der Waals surface area contributed by atoms with Gasteiger partial charge in [-0.1, -0.05) is 6.07 Å². The predicted molar refractivity (Wildman–Crippen MR) is 68.5 cm³/mol. The van der Waals surface area contributed by atoms with Crippen LogP contribution < -0.4 is 0 Å². The van der Waals surface area contributed by atoms with E-state index in [0.717, 1.165) is 5.52 Å². The van der Waals surface area contributed by atoms with E-state index in [0.29, 0.717) is 5.56 Å². The number of aliphatic hydroxyl groups is 1. The highest BCUT2D eigenvalue weighted by Gasteiger charge is 2.29. The number of nitrogens with zero attached hydrogens (tertiary/aromatic N) is 3. The normalized spacial score (nSPS) is 11.8. The van der Waals surface area contributed by atoms with Gasteiger partial charge in [-0.25, -0.2) is 4.52 Å². The van der Waals surface area contributed by atoms with Gasteiger partial charge >= 0.3 is 0 Å². The Balaban J connectivity index is 2.40. The maximum absolute atomic E-state index is 12.4. The third-order valence-corrected chi connectivity index (χ3v) is 3.26. The minimum Gasteiger partial charge on any atom is -0.394 e. The summed E-state index contributed by atoms with van der Waals surface area (Å²) >= 11 is 0. The molecule has 18 heavy (non-hydrogen) atoms. The van der Waals surface area contributed by atoms with Crippen LogP contribution in [0.5, 0.6) is 0 Å². The molecule has 5 heteroatoms. The number of amides is 1. The largest absolute Gasteiger partial charge is 0.394 e. The fourth-order valence-corrected chi connectivity index (χ4v) is 1.66. The topological polar surface area (TPSA) is 57.8 Å². The molecular weight excluding hydrogens is 230 g/mol. The molecule has 1 amide bonds. The van der Waals surface area contributed by atoms with Crippen LogP contribution in [0.2, 0.25) is 0 Å². The van der Waals surface area contributed by atoms with Crippen molar-refractivity contribution >= 4 is 11.4 Å². The first-order valence-corrected chi connectivity index (χ1v) is 5.79. The summed E-state index contributed by atoms with van der Waals surface area (Å²) in [6.45, 7) is 3.54. The molecule has 2 rings (SSSR count). The van der Waals surface area contributed by atoms with E-state index in [1.54, 1.807) is 24.0 Å². The maximum atomic E-state index is 12.4. The molecule has 96 valence electrons. The second kappa shape index (κ2) is 4.42. The van der Waals surface area contributed by atoms with E-state index >= 15 is 0 Å². The van der Waals surface area contributed by atoms with E-state index in [-0.39, 0.29) is 12.5 Å². The number of pyridine rings is 1. The van der Waals surface area contributed by atoms with Gasteiger partial charge in [0.15, 0.2) is 0 Å². The van der Waals surface area contributed by atoms with E-state index in [4.69, 9.17) is 0 Å². The highest BCUT2D eigenvalue weighted by Crippen LogP contribution is 2.18. The Morgan fingerprint density at radius 1 is 1.50 bits per heavy atom. The molecule has 0 bridgehead atoms. The smallest absolute Gasteiger partial charge is 0.257 e. The summed E-state index contributed by atoms with van der Waals surface area (Å²) in [5.41, 5.74) is 0.711. The average molecular weight is 247 g/mol. The Labute approximate surface area is 106 Å². The molecule has 0 aliphatic rings. The van der Waals surface area contributed by atoms with Crippen molar-refractivity contribution in [3.63, 3.8) is 0 Å². The standard InChI is InChI=1S/C13H17N3O2/c1-13(2,9-17)15(3)12(18)10-8-14-16-7-5-4-6-11(10)16/h4-8,17H,9H2,1-3H3. The SMILES string of the molecule is CN(C(=O)c1cnn2ccccc12)C(C)(C)CO. The van der Waals surface area contributed by atoms with Gasteiger partial charge in [0, 0.05) is 13.2 Å². The van der Waals surface area contributed by atoms with Crippen molar-refractivity contribution in [2.45, 2.75) is 19.4 Å². The summed E-state index contributed by atoms with van der Waals surface area (Å²) in [6, 6.07) is 5.57. The highest BCUT2D eigenvalue weighted by atomic mass is 16.3. The molecule has 2 aromatic rings. The minimum absolute atomic E-state index is 0.0888. The number of aliphatic hydroxyl groups excluding tert-OH is 1. The molecular formula is C13H17N3O2. The zero-order valence-corrected chi connectivity index (χ0v) is 10.8. The van der Waals surface area contributed by atoms with Gasteiger partial charge in [-0.3, -0.25) is 4.79 Å². The molecule has 0 fully saturated rings. The molecule has 0 aromatic carbocycles. The summed E-state index contributed by atoms with van der Waals surface area (Å²) in [7, 11) is 1.69. The first kappa shape index (κ1) is 12.6. The minimum atomic E-state index is -0.597. The first-order chi connectivity index (χ1) is 8.47. The van der Waals surface area contributed by atoms with Gasteiger partial charge in [0.05, 0.1) is 29.4 Å². The van der Waals surface area contributed by atoms with Crippen LogP contribution in [0.3, 0.4) is 0 Å². The molecule has 0 aliphatic carbocycles. The fraction of sp³-hybridized carbons (Fsp3) is 0.385. The summed E-state index contributed by atoms with van der Waals surface area (Å²) in [4.78, 5) is 13.9. The Bertz CT molecular complexity index is 574. The number of rotatable bonds is 3. The van der Waals surface area contributed by atoms with Crippen LogP contribution in [-0.4, -0.2) is 44.7 Å². The number of fused-ring (bicyclic) bond motifs is 1. The van der Waals surface area contributed by atoms with Crippen molar-refractivity contribution in [2.24, 2.45) is 0 Å². The van der Waals surface area contributed by atoms with Gasteiger partial charge in [0.1, 0.15) is 0 Å². The lowest BCUT2D eigenvalue weighted by molar-refractivity contribution is 0.0475. The number of hydrogen-bond donors (Lipinski definition) is 1. The van der Waals surface area contributed by atoms with Crippen LogP contribution in [-0.2, 0) is 0 Å². The Hall–Kier alpha value is -1.88. The number of likely N-dealkylation sites (N-methyl/N-ethyl adjacent to an activating group) is 1. The summed E-state index contributed by atoms with van der Waals surface area (Å²) in [5, 5.41) is 13.4. The molecule has 0 radical (unpaired) electrons. The van der Waals surface area contributed by atoms with Crippen molar-refractivity contribution in [1.82, 2.24) is 14.5 Å². The van der Waals surface area contributed by atoms with Crippen molar-refractivity contribution < 1.29 is 9.90 Å². The molecule has 0 atom stereocenters. The number of hydrogen-bond acceptors (Lipinski definition) is 3. The van der Waals surface area contributed by atoms with Gasteiger partial charge in [-0.2, -0.15) is 5.10 Å². The third-order valence-electron chi connectivity index (χ3n) is 3.26. The first-order valence-electron chi connectivity index (χ1n) is 5.79. The van der Waals surface area contributed by atoms with Crippen LogP contribution in [0.25, 0.3) is 5.52 Å². The monoisotopic (exact) mass is 247 g/mol. The van der Waals surface area contributed by atoms with Crippen molar-refractivity contribution in [1.29, 1.82) is 0 Å². The molecule has 2 heterocycles. The van der Waals surface area contributed by atoms with Crippen LogP contribution in [0.4, 0.5) is 0 Å². The predicted octanol–water partition coefficient (Wildman–Crippen LogP) is 1.18. The third kappa shape index (κ3) is 1.97. The second-order valence-corrected chi connectivity index (χ2v) is 4.92. The maximum Gasteiger partial charge on any atom is 0.257 e. The van der Waals surface area contributed by atoms with E-state index in [1.165, 1.54) is 4.90 Å². The van der Waals surface area contributed by atoms with Crippen LogP contribution in [0.15, 0.2) is 30.6 Å². The Morgan fingerprint density at radius 3 is 2.89 bits per heavy atom. The number of carbonyl (C=O) groups is 1. The van der Waals surface area contributed by atoms with E-state index in [2.05, 4.69) is 5.10 Å². The van der Waals surface area contributed by atoms with Crippen molar-refractivity contribution in [2.75, 3.05) is 13.7 Å². The van der Waals surface area contributed by atoms with Crippen LogP contribution in [0.1, 0.15) is 24.2 Å². The molecule has 0 spiro atoms. The van der Waals surface area contributed by atoms with Gasteiger partial charge in [-0.05, 0) is 26.0 Å². The molecule has 2 aromatic heterocycles. The quantitative estimate of drug-likeness (QED) is 0.886. The van der Waals surface area contributed by atoms with Crippen LogP contribution in [0, 0.1) is 0 Å². The lowest BCUT2D eigenvalue weighted by atomic mass is 10.0. The Morgan fingerprint density at radius 2 is 2.22 bits per heavy atom. The number of carbonyl (C=O) groups excluding carboxylic acids is 1. The summed E-state index contributed by atoms with van der Waals surface area (Å²) in [6.07, 6.45) is 3.35. The number of aromatic nitrogens is 2. The van der Waals surface area contributed by atoms with Crippen LogP contribution >= 0.6 is 0 Å². The van der Waals surface area contributed by atoms with Crippen molar-refractivity contribution in [3.05, 3.63) is 36.2 Å². The lowest BCUT2D eigenvalue weighted by Crippen LogP contribution is -2.47. The van der Waals surface area contributed by atoms with Crippen molar-refractivity contribution in [3.8, 4) is 0 Å².